The lowest BCUT2D eigenvalue weighted by atomic mass is 10.1. The number of rotatable bonds is 4. The maximum absolute atomic E-state index is 11.8. The molecule has 1 aromatic rings. The lowest BCUT2D eigenvalue weighted by molar-refractivity contribution is 0.0897. The Morgan fingerprint density at radius 3 is 2.81 bits per heavy atom. The molecule has 0 saturated carbocycles. The molecule has 1 amide bonds. The van der Waals surface area contributed by atoms with Gasteiger partial charge in [0.15, 0.2) is 0 Å². The molecule has 0 fully saturated rings. The molecule has 5 heteroatoms. The van der Waals surface area contributed by atoms with E-state index < -0.39 is 0 Å². The largest absolute Gasteiger partial charge is 0.394 e. The van der Waals surface area contributed by atoms with Gasteiger partial charge in [-0.15, -0.1) is 0 Å². The van der Waals surface area contributed by atoms with Crippen LogP contribution in [0, 0.1) is 5.92 Å². The van der Waals surface area contributed by atoms with Crippen LogP contribution < -0.4 is 5.32 Å². The number of carbonyl (C=O) groups excluding carboxylic acids is 1. The molecule has 4 nitrogen and oxygen atoms in total. The maximum atomic E-state index is 11.8. The molecule has 88 valence electrons. The smallest absolute Gasteiger partial charge is 0.251 e. The number of hydrogen-bond acceptors (Lipinski definition) is 3. The molecule has 0 aliphatic carbocycles. The van der Waals surface area contributed by atoms with Gasteiger partial charge < -0.3 is 10.4 Å². The first kappa shape index (κ1) is 12.9. The molecule has 1 heterocycles. The molecule has 16 heavy (non-hydrogen) atoms. The fourth-order valence-electron chi connectivity index (χ4n) is 1.22. The van der Waals surface area contributed by atoms with E-state index >= 15 is 0 Å². The second kappa shape index (κ2) is 5.82. The van der Waals surface area contributed by atoms with Crippen molar-refractivity contribution in [3.63, 3.8) is 0 Å². The lowest BCUT2D eigenvalue weighted by Gasteiger charge is -2.19. The van der Waals surface area contributed by atoms with Gasteiger partial charge in [-0.3, -0.25) is 4.79 Å². The Morgan fingerprint density at radius 2 is 2.31 bits per heavy atom. The summed E-state index contributed by atoms with van der Waals surface area (Å²) in [6.45, 7) is 3.78. The van der Waals surface area contributed by atoms with Crippen LogP contribution in [-0.4, -0.2) is 28.6 Å². The van der Waals surface area contributed by atoms with E-state index in [0.29, 0.717) is 5.56 Å². The molecular weight excluding hydrogens is 228 g/mol. The Labute approximate surface area is 99.6 Å². The van der Waals surface area contributed by atoms with Gasteiger partial charge in [0.1, 0.15) is 5.15 Å². The Morgan fingerprint density at radius 1 is 1.62 bits per heavy atom. The number of carbonyl (C=O) groups is 1. The van der Waals surface area contributed by atoms with Crippen LogP contribution >= 0.6 is 11.6 Å². The Kier molecular flexibility index (Phi) is 4.71. The Balaban J connectivity index is 2.72. The second-order valence-corrected chi connectivity index (χ2v) is 4.26. The fraction of sp³-hybridized carbons (Fsp3) is 0.455. The summed E-state index contributed by atoms with van der Waals surface area (Å²) in [5.74, 6) is -0.0803. The van der Waals surface area contributed by atoms with Crippen molar-refractivity contribution in [1.82, 2.24) is 10.3 Å². The summed E-state index contributed by atoms with van der Waals surface area (Å²) < 4.78 is 0. The third-order valence-electron chi connectivity index (χ3n) is 2.31. The molecule has 0 spiro atoms. The van der Waals surface area contributed by atoms with E-state index in [1.165, 1.54) is 12.3 Å². The summed E-state index contributed by atoms with van der Waals surface area (Å²) in [4.78, 5) is 15.6. The van der Waals surface area contributed by atoms with Crippen LogP contribution in [0.5, 0.6) is 0 Å². The SMILES string of the molecule is CC(C)C(CO)NC(=O)c1ccnc(Cl)c1. The number of halogens is 1. The zero-order chi connectivity index (χ0) is 12.1. The molecule has 1 unspecified atom stereocenters. The van der Waals surface area contributed by atoms with Gasteiger partial charge in [0.05, 0.1) is 12.6 Å². The number of aliphatic hydroxyl groups is 1. The van der Waals surface area contributed by atoms with Gasteiger partial charge in [-0.05, 0) is 18.1 Å². The monoisotopic (exact) mass is 242 g/mol. The van der Waals surface area contributed by atoms with Crippen molar-refractivity contribution in [1.29, 1.82) is 0 Å². The van der Waals surface area contributed by atoms with Crippen LogP contribution in [0.3, 0.4) is 0 Å². The van der Waals surface area contributed by atoms with E-state index in [9.17, 15) is 4.79 Å². The average Bonchev–Trinajstić information content (AvgIpc) is 2.25. The number of nitrogens with one attached hydrogen (secondary N) is 1. The van der Waals surface area contributed by atoms with E-state index in [-0.39, 0.29) is 29.6 Å². The van der Waals surface area contributed by atoms with E-state index in [1.54, 1.807) is 6.07 Å². The number of nitrogens with zero attached hydrogens (tertiary/aromatic N) is 1. The zero-order valence-electron chi connectivity index (χ0n) is 9.27. The second-order valence-electron chi connectivity index (χ2n) is 3.87. The molecule has 0 aliphatic heterocycles. The first-order chi connectivity index (χ1) is 7.54. The minimum absolute atomic E-state index is 0.0811. The predicted molar refractivity (Wildman–Crippen MR) is 62.4 cm³/mol. The van der Waals surface area contributed by atoms with Gasteiger partial charge in [-0.1, -0.05) is 25.4 Å². The molecule has 0 saturated heterocycles. The summed E-state index contributed by atoms with van der Waals surface area (Å²) in [6.07, 6.45) is 1.47. The van der Waals surface area contributed by atoms with Crippen LogP contribution in [-0.2, 0) is 0 Å². The van der Waals surface area contributed by atoms with Crippen molar-refractivity contribution in [2.24, 2.45) is 5.92 Å². The van der Waals surface area contributed by atoms with E-state index in [0.717, 1.165) is 0 Å². The van der Waals surface area contributed by atoms with Gasteiger partial charge in [0.25, 0.3) is 5.91 Å². The van der Waals surface area contributed by atoms with Gasteiger partial charge in [-0.25, -0.2) is 4.98 Å². The van der Waals surface area contributed by atoms with Crippen molar-refractivity contribution < 1.29 is 9.90 Å². The van der Waals surface area contributed by atoms with E-state index in [1.807, 2.05) is 13.8 Å². The summed E-state index contributed by atoms with van der Waals surface area (Å²) in [7, 11) is 0. The molecule has 0 bridgehead atoms. The highest BCUT2D eigenvalue weighted by atomic mass is 35.5. The van der Waals surface area contributed by atoms with Gasteiger partial charge >= 0.3 is 0 Å². The molecule has 2 N–H and O–H groups in total. The molecule has 1 aromatic heterocycles. The van der Waals surface area contributed by atoms with Crippen molar-refractivity contribution >= 4 is 17.5 Å². The van der Waals surface area contributed by atoms with E-state index in [4.69, 9.17) is 16.7 Å². The van der Waals surface area contributed by atoms with Crippen molar-refractivity contribution in [3.05, 3.63) is 29.0 Å². The third-order valence-corrected chi connectivity index (χ3v) is 2.51. The Bertz CT molecular complexity index is 369. The van der Waals surface area contributed by atoms with Crippen molar-refractivity contribution in [2.45, 2.75) is 19.9 Å². The Hall–Kier alpha value is -1.13. The molecule has 0 aromatic carbocycles. The number of hydrogen-bond donors (Lipinski definition) is 2. The highest BCUT2D eigenvalue weighted by Crippen LogP contribution is 2.08. The predicted octanol–water partition coefficient (Wildman–Crippen LogP) is 1.48. The maximum Gasteiger partial charge on any atom is 0.251 e. The minimum atomic E-state index is -0.253. The van der Waals surface area contributed by atoms with Gasteiger partial charge in [-0.2, -0.15) is 0 Å². The zero-order valence-corrected chi connectivity index (χ0v) is 10.0. The van der Waals surface area contributed by atoms with Crippen LogP contribution in [0.15, 0.2) is 18.3 Å². The lowest BCUT2D eigenvalue weighted by Crippen LogP contribution is -2.41. The summed E-state index contributed by atoms with van der Waals surface area (Å²) >= 11 is 5.68. The molecular formula is C11H15ClN2O2. The number of amides is 1. The van der Waals surface area contributed by atoms with Crippen LogP contribution in [0.1, 0.15) is 24.2 Å². The molecule has 1 atom stereocenters. The average molecular weight is 243 g/mol. The molecule has 0 aliphatic rings. The van der Waals surface area contributed by atoms with E-state index in [2.05, 4.69) is 10.3 Å². The number of aromatic nitrogens is 1. The van der Waals surface area contributed by atoms with Crippen LogP contribution in [0.2, 0.25) is 5.15 Å². The van der Waals surface area contributed by atoms with Gasteiger partial charge in [0.2, 0.25) is 0 Å². The third kappa shape index (κ3) is 3.47. The quantitative estimate of drug-likeness (QED) is 0.787. The highest BCUT2D eigenvalue weighted by Gasteiger charge is 2.16. The summed E-state index contributed by atoms with van der Waals surface area (Å²) in [5.41, 5.74) is 0.444. The molecule has 1 rings (SSSR count). The number of pyridine rings is 1. The van der Waals surface area contributed by atoms with Crippen molar-refractivity contribution in [2.75, 3.05) is 6.61 Å². The standard InChI is InChI=1S/C11H15ClN2O2/c1-7(2)9(6-15)14-11(16)8-3-4-13-10(12)5-8/h3-5,7,9,15H,6H2,1-2H3,(H,14,16). The van der Waals surface area contributed by atoms with Gasteiger partial charge in [0, 0.05) is 11.8 Å². The summed E-state index contributed by atoms with van der Waals surface area (Å²) in [6, 6.07) is 2.82. The first-order valence-corrected chi connectivity index (χ1v) is 5.45. The minimum Gasteiger partial charge on any atom is -0.394 e. The summed E-state index contributed by atoms with van der Waals surface area (Å²) in [5, 5.41) is 12.1. The normalized spacial score (nSPS) is 12.6. The number of aliphatic hydroxyl groups excluding tert-OH is 1. The molecule has 0 radical (unpaired) electrons. The highest BCUT2D eigenvalue weighted by molar-refractivity contribution is 6.29. The topological polar surface area (TPSA) is 62.2 Å². The first-order valence-electron chi connectivity index (χ1n) is 5.08. The van der Waals surface area contributed by atoms with Crippen molar-refractivity contribution in [3.8, 4) is 0 Å². The van der Waals surface area contributed by atoms with Crippen LogP contribution in [0.25, 0.3) is 0 Å². The fourth-order valence-corrected chi connectivity index (χ4v) is 1.39. The van der Waals surface area contributed by atoms with Crippen LogP contribution in [0.4, 0.5) is 0 Å².